The third kappa shape index (κ3) is 3.32. The Morgan fingerprint density at radius 3 is 2.78 bits per heavy atom. The Kier molecular flexibility index (Phi) is 4.12. The highest BCUT2D eigenvalue weighted by molar-refractivity contribution is 5.86. The van der Waals surface area contributed by atoms with E-state index in [2.05, 4.69) is 42.0 Å². The van der Waals surface area contributed by atoms with Crippen LogP contribution in [0.2, 0.25) is 0 Å². The first-order valence-electron chi connectivity index (χ1n) is 9.39. The van der Waals surface area contributed by atoms with Crippen molar-refractivity contribution in [3.63, 3.8) is 0 Å². The predicted molar refractivity (Wildman–Crippen MR) is 99.9 cm³/mol. The highest BCUT2D eigenvalue weighted by atomic mass is 16.5. The van der Waals surface area contributed by atoms with Crippen LogP contribution in [0.4, 0.5) is 5.69 Å². The van der Waals surface area contributed by atoms with E-state index < -0.39 is 0 Å². The largest absolute Gasteiger partial charge is 0.480 e. The first-order chi connectivity index (χ1) is 13.3. The van der Waals surface area contributed by atoms with Gasteiger partial charge in [-0.25, -0.2) is 9.97 Å². The molecule has 0 amide bonds. The van der Waals surface area contributed by atoms with Crippen molar-refractivity contribution in [2.75, 3.05) is 38.2 Å². The maximum atomic E-state index is 5.38. The molecule has 0 atom stereocenters. The van der Waals surface area contributed by atoms with Gasteiger partial charge in [0.25, 0.3) is 0 Å². The predicted octanol–water partition coefficient (Wildman–Crippen LogP) is 2.22. The van der Waals surface area contributed by atoms with Gasteiger partial charge in [-0.05, 0) is 31.0 Å². The van der Waals surface area contributed by atoms with Crippen molar-refractivity contribution in [2.45, 2.75) is 25.3 Å². The Hall–Kier alpha value is -2.74. The third-order valence-corrected chi connectivity index (χ3v) is 5.29. The second-order valence-electron chi connectivity index (χ2n) is 7.17. The lowest BCUT2D eigenvalue weighted by Crippen LogP contribution is -2.46. The fourth-order valence-electron chi connectivity index (χ4n) is 3.57. The Balaban J connectivity index is 1.25. The molecule has 1 aliphatic heterocycles. The number of piperazine rings is 1. The van der Waals surface area contributed by atoms with Crippen molar-refractivity contribution in [3.05, 3.63) is 36.2 Å². The molecule has 2 aliphatic rings. The molecule has 0 bridgehead atoms. The molecule has 1 saturated carbocycles. The molecule has 27 heavy (non-hydrogen) atoms. The van der Waals surface area contributed by atoms with E-state index in [1.807, 2.05) is 6.07 Å². The molecule has 0 radical (unpaired) electrons. The average Bonchev–Trinajstić information content (AvgIpc) is 3.47. The monoisotopic (exact) mass is 366 g/mol. The van der Waals surface area contributed by atoms with Crippen molar-refractivity contribution < 1.29 is 9.26 Å². The zero-order chi connectivity index (χ0) is 18.2. The Labute approximate surface area is 157 Å². The van der Waals surface area contributed by atoms with E-state index in [1.54, 1.807) is 7.11 Å². The Morgan fingerprint density at radius 1 is 1.15 bits per heavy atom. The van der Waals surface area contributed by atoms with Crippen LogP contribution in [0.3, 0.4) is 0 Å². The number of ether oxygens (including phenoxy) is 1. The molecular weight excluding hydrogens is 344 g/mol. The summed E-state index contributed by atoms with van der Waals surface area (Å²) in [6.07, 6.45) is 3.90. The molecule has 140 valence electrons. The van der Waals surface area contributed by atoms with Gasteiger partial charge in [-0.15, -0.1) is 0 Å². The summed E-state index contributed by atoms with van der Waals surface area (Å²) in [5.74, 6) is 2.75. The molecule has 3 heterocycles. The van der Waals surface area contributed by atoms with Crippen LogP contribution in [0.15, 0.2) is 29.0 Å². The number of nitrogens with zero attached hydrogens (tertiary/aromatic N) is 6. The first kappa shape index (κ1) is 16.4. The maximum absolute atomic E-state index is 5.38. The highest BCUT2D eigenvalue weighted by Crippen LogP contribution is 2.38. The summed E-state index contributed by atoms with van der Waals surface area (Å²) in [7, 11) is 1.64. The number of benzene rings is 1. The van der Waals surface area contributed by atoms with Gasteiger partial charge in [0.15, 0.2) is 5.82 Å². The van der Waals surface area contributed by atoms with Gasteiger partial charge in [0, 0.05) is 37.8 Å². The molecule has 1 saturated heterocycles. The Morgan fingerprint density at radius 2 is 2.00 bits per heavy atom. The van der Waals surface area contributed by atoms with E-state index in [1.165, 1.54) is 24.9 Å². The van der Waals surface area contributed by atoms with Crippen molar-refractivity contribution in [2.24, 2.45) is 0 Å². The molecule has 1 aromatic carbocycles. The van der Waals surface area contributed by atoms with Gasteiger partial charge < -0.3 is 14.2 Å². The lowest BCUT2D eigenvalue weighted by atomic mass is 10.2. The zero-order valence-electron chi connectivity index (χ0n) is 15.3. The lowest BCUT2D eigenvalue weighted by molar-refractivity contribution is 0.240. The minimum absolute atomic E-state index is 0.511. The maximum Gasteiger partial charge on any atom is 0.229 e. The van der Waals surface area contributed by atoms with E-state index in [-0.39, 0.29) is 0 Å². The second kappa shape index (κ2) is 6.77. The van der Waals surface area contributed by atoms with Gasteiger partial charge in [-0.3, -0.25) is 4.90 Å². The number of rotatable bonds is 5. The van der Waals surface area contributed by atoms with Crippen LogP contribution in [0.5, 0.6) is 5.88 Å². The van der Waals surface area contributed by atoms with Crippen LogP contribution >= 0.6 is 0 Å². The van der Waals surface area contributed by atoms with Crippen molar-refractivity contribution in [1.29, 1.82) is 0 Å². The summed E-state index contributed by atoms with van der Waals surface area (Å²) in [4.78, 5) is 17.8. The minimum Gasteiger partial charge on any atom is -0.480 e. The summed E-state index contributed by atoms with van der Waals surface area (Å²) >= 11 is 0. The van der Waals surface area contributed by atoms with E-state index in [9.17, 15) is 0 Å². The van der Waals surface area contributed by atoms with Crippen LogP contribution in [0, 0.1) is 0 Å². The van der Waals surface area contributed by atoms with Crippen molar-refractivity contribution in [3.8, 4) is 5.88 Å². The topological polar surface area (TPSA) is 80.4 Å². The molecule has 0 N–H and O–H groups in total. The SMILES string of the molecule is COc1ncnc2ccc(N3CCN(Cc4noc(C5CC5)n4)CC3)cc12. The van der Waals surface area contributed by atoms with Crippen LogP contribution in [-0.2, 0) is 6.54 Å². The number of hydrogen-bond donors (Lipinski definition) is 0. The van der Waals surface area contributed by atoms with Crippen molar-refractivity contribution in [1.82, 2.24) is 25.0 Å². The van der Waals surface area contributed by atoms with E-state index in [0.29, 0.717) is 11.8 Å². The smallest absolute Gasteiger partial charge is 0.229 e. The van der Waals surface area contributed by atoms with Gasteiger partial charge in [0.2, 0.25) is 11.8 Å². The second-order valence-corrected chi connectivity index (χ2v) is 7.17. The van der Waals surface area contributed by atoms with Crippen molar-refractivity contribution >= 4 is 16.6 Å². The minimum atomic E-state index is 0.511. The van der Waals surface area contributed by atoms with Crippen LogP contribution in [0.25, 0.3) is 10.9 Å². The number of methoxy groups -OCH3 is 1. The molecule has 8 nitrogen and oxygen atoms in total. The van der Waals surface area contributed by atoms with Gasteiger partial charge in [-0.2, -0.15) is 4.98 Å². The quantitative estimate of drug-likeness (QED) is 0.680. The van der Waals surface area contributed by atoms with E-state index >= 15 is 0 Å². The van der Waals surface area contributed by atoms with Crippen LogP contribution in [-0.4, -0.2) is 58.3 Å². The lowest BCUT2D eigenvalue weighted by Gasteiger charge is -2.35. The molecule has 3 aromatic rings. The zero-order valence-corrected chi connectivity index (χ0v) is 15.3. The number of aromatic nitrogens is 4. The van der Waals surface area contributed by atoms with E-state index in [4.69, 9.17) is 9.26 Å². The molecule has 2 aromatic heterocycles. The molecule has 8 heteroatoms. The van der Waals surface area contributed by atoms with Crippen LogP contribution in [0.1, 0.15) is 30.5 Å². The summed E-state index contributed by atoms with van der Waals surface area (Å²) < 4.78 is 10.7. The Bertz CT molecular complexity index is 946. The summed E-state index contributed by atoms with van der Waals surface area (Å²) in [6.45, 7) is 4.59. The number of fused-ring (bicyclic) bond motifs is 1. The molecule has 0 unspecified atom stereocenters. The molecular formula is C19H22N6O2. The van der Waals surface area contributed by atoms with Gasteiger partial charge in [0.05, 0.1) is 24.6 Å². The standard InChI is InChI=1S/C19H22N6O2/c1-26-19-15-10-14(4-5-16(15)20-12-21-19)25-8-6-24(7-9-25)11-17-22-18(27-23-17)13-2-3-13/h4-5,10,12-13H,2-3,6-9,11H2,1H3. The fourth-order valence-corrected chi connectivity index (χ4v) is 3.57. The van der Waals surface area contributed by atoms with E-state index in [0.717, 1.165) is 55.3 Å². The summed E-state index contributed by atoms with van der Waals surface area (Å²) in [6, 6.07) is 6.26. The number of anilines is 1. The van der Waals surface area contributed by atoms with Gasteiger partial charge in [-0.1, -0.05) is 5.16 Å². The molecule has 0 spiro atoms. The summed E-state index contributed by atoms with van der Waals surface area (Å²) in [5.41, 5.74) is 2.07. The third-order valence-electron chi connectivity index (χ3n) is 5.29. The average molecular weight is 366 g/mol. The molecule has 1 aliphatic carbocycles. The van der Waals surface area contributed by atoms with Gasteiger partial charge >= 0.3 is 0 Å². The normalized spacial score (nSPS) is 18.2. The fraction of sp³-hybridized carbons (Fsp3) is 0.474. The molecule has 5 rings (SSSR count). The molecule has 2 fully saturated rings. The van der Waals surface area contributed by atoms with Gasteiger partial charge in [0.1, 0.15) is 6.33 Å². The summed E-state index contributed by atoms with van der Waals surface area (Å²) in [5, 5.41) is 5.08. The highest BCUT2D eigenvalue weighted by Gasteiger charge is 2.30. The first-order valence-corrected chi connectivity index (χ1v) is 9.39. The number of hydrogen-bond acceptors (Lipinski definition) is 8. The van der Waals surface area contributed by atoms with Crippen LogP contribution < -0.4 is 9.64 Å².